The van der Waals surface area contributed by atoms with Gasteiger partial charge in [-0.25, -0.2) is 4.99 Å². The van der Waals surface area contributed by atoms with Crippen molar-refractivity contribution in [2.45, 2.75) is 33.1 Å². The van der Waals surface area contributed by atoms with E-state index in [4.69, 9.17) is 0 Å². The van der Waals surface area contributed by atoms with Crippen LogP contribution in [-0.2, 0) is 11.2 Å². The van der Waals surface area contributed by atoms with E-state index >= 15 is 0 Å². The highest BCUT2D eigenvalue weighted by Gasteiger charge is 2.33. The summed E-state index contributed by atoms with van der Waals surface area (Å²) in [5.41, 5.74) is 4.58. The van der Waals surface area contributed by atoms with Crippen LogP contribution in [-0.4, -0.2) is 18.2 Å². The molecule has 0 saturated heterocycles. The monoisotopic (exact) mass is 306 g/mol. The average Bonchev–Trinajstić information content (AvgIpc) is 2.86. The Bertz CT molecular complexity index is 732. The Morgan fingerprint density at radius 2 is 1.74 bits per heavy atom. The summed E-state index contributed by atoms with van der Waals surface area (Å²) < 4.78 is 0. The normalized spacial score (nSPS) is 15.3. The second-order valence-electron chi connectivity index (χ2n) is 5.81. The van der Waals surface area contributed by atoms with Gasteiger partial charge in [0.2, 0.25) is 0 Å². The quantitative estimate of drug-likeness (QED) is 0.799. The minimum absolute atomic E-state index is 0.0132. The molecule has 0 atom stereocenters. The third-order valence-corrected chi connectivity index (χ3v) is 4.22. The fourth-order valence-electron chi connectivity index (χ4n) is 2.84. The molecule has 0 fully saturated rings. The van der Waals surface area contributed by atoms with Crippen LogP contribution in [0.2, 0.25) is 0 Å². The largest absolute Gasteiger partial charge is 0.306 e. The molecule has 3 nitrogen and oxygen atoms in total. The fourth-order valence-corrected chi connectivity index (χ4v) is 2.84. The van der Waals surface area contributed by atoms with Gasteiger partial charge in [-0.1, -0.05) is 50.6 Å². The molecule has 0 spiro atoms. The number of aliphatic imine (C=N–C) groups is 1. The second kappa shape index (κ2) is 6.78. The van der Waals surface area contributed by atoms with Gasteiger partial charge in [0.15, 0.2) is 0 Å². The molecular formula is C20H22N2O. The minimum atomic E-state index is 0.0132. The number of aryl methyl sites for hydroxylation is 1. The molecule has 1 aliphatic rings. The molecule has 0 radical (unpaired) electrons. The highest BCUT2D eigenvalue weighted by molar-refractivity contribution is 6.54. The van der Waals surface area contributed by atoms with Gasteiger partial charge in [0.1, 0.15) is 5.71 Å². The Morgan fingerprint density at radius 3 is 2.43 bits per heavy atom. The van der Waals surface area contributed by atoms with Gasteiger partial charge in [0.05, 0.1) is 11.4 Å². The summed E-state index contributed by atoms with van der Waals surface area (Å²) in [5, 5.41) is 0. The van der Waals surface area contributed by atoms with Crippen molar-refractivity contribution >= 4 is 23.0 Å². The summed E-state index contributed by atoms with van der Waals surface area (Å²) in [6, 6.07) is 16.0. The van der Waals surface area contributed by atoms with Crippen molar-refractivity contribution < 1.29 is 4.79 Å². The van der Waals surface area contributed by atoms with E-state index in [1.165, 1.54) is 5.56 Å². The van der Waals surface area contributed by atoms with E-state index in [1.54, 1.807) is 0 Å². The topological polar surface area (TPSA) is 32.7 Å². The average molecular weight is 306 g/mol. The number of unbranched alkanes of at least 4 members (excludes halogenated alkanes) is 1. The van der Waals surface area contributed by atoms with Gasteiger partial charge in [-0.2, -0.15) is 0 Å². The van der Waals surface area contributed by atoms with Crippen LogP contribution in [0.5, 0.6) is 0 Å². The van der Waals surface area contributed by atoms with Crippen molar-refractivity contribution in [1.29, 1.82) is 0 Å². The number of anilines is 1. The molecule has 1 heterocycles. The van der Waals surface area contributed by atoms with Crippen molar-refractivity contribution in [3.63, 3.8) is 0 Å². The van der Waals surface area contributed by atoms with E-state index < -0.39 is 0 Å². The zero-order valence-corrected chi connectivity index (χ0v) is 13.7. The molecule has 0 aromatic heterocycles. The maximum absolute atomic E-state index is 12.8. The first kappa shape index (κ1) is 15.5. The molecule has 2 aromatic carbocycles. The molecule has 0 bridgehead atoms. The van der Waals surface area contributed by atoms with E-state index in [2.05, 4.69) is 31.0 Å². The van der Waals surface area contributed by atoms with Crippen LogP contribution in [0.15, 0.2) is 53.5 Å². The van der Waals surface area contributed by atoms with Gasteiger partial charge >= 0.3 is 0 Å². The summed E-state index contributed by atoms with van der Waals surface area (Å²) in [6.07, 6.45) is 3.07. The number of hydrogen-bond acceptors (Lipinski definition) is 2. The number of carbonyl (C=O) groups is 1. The number of fused-ring (bicyclic) bond motifs is 1. The van der Waals surface area contributed by atoms with Gasteiger partial charge in [-0.15, -0.1) is 0 Å². The maximum atomic E-state index is 12.8. The zero-order valence-electron chi connectivity index (χ0n) is 13.7. The van der Waals surface area contributed by atoms with Crippen LogP contribution in [0.4, 0.5) is 11.4 Å². The first-order chi connectivity index (χ1) is 11.2. The van der Waals surface area contributed by atoms with Gasteiger partial charge in [0.25, 0.3) is 5.91 Å². The molecule has 2 aromatic rings. The summed E-state index contributed by atoms with van der Waals surface area (Å²) in [4.78, 5) is 19.3. The number of hydrogen-bond donors (Lipinski definition) is 0. The van der Waals surface area contributed by atoms with Crippen LogP contribution >= 0.6 is 0 Å². The zero-order chi connectivity index (χ0) is 16.2. The molecule has 118 valence electrons. The van der Waals surface area contributed by atoms with Crippen molar-refractivity contribution in [3.05, 3.63) is 59.7 Å². The van der Waals surface area contributed by atoms with Crippen molar-refractivity contribution in [3.8, 4) is 0 Å². The second-order valence-corrected chi connectivity index (χ2v) is 5.81. The SMILES string of the molecule is CCCCN1C(=O)C(=Nc2ccc(CC)cc2)c2ccccc21. The molecule has 23 heavy (non-hydrogen) atoms. The summed E-state index contributed by atoms with van der Waals surface area (Å²) >= 11 is 0. The predicted octanol–water partition coefficient (Wildman–Crippen LogP) is 4.52. The highest BCUT2D eigenvalue weighted by atomic mass is 16.2. The Hall–Kier alpha value is -2.42. The van der Waals surface area contributed by atoms with Crippen LogP contribution in [0, 0.1) is 0 Å². The lowest BCUT2D eigenvalue weighted by Crippen LogP contribution is -2.30. The Kier molecular flexibility index (Phi) is 4.56. The molecule has 0 aliphatic carbocycles. The van der Waals surface area contributed by atoms with Crippen LogP contribution in [0.1, 0.15) is 37.8 Å². The van der Waals surface area contributed by atoms with Crippen molar-refractivity contribution in [2.24, 2.45) is 4.99 Å². The first-order valence-corrected chi connectivity index (χ1v) is 8.33. The fraction of sp³-hybridized carbons (Fsp3) is 0.300. The number of nitrogens with zero attached hydrogens (tertiary/aromatic N) is 2. The molecular weight excluding hydrogens is 284 g/mol. The lowest BCUT2D eigenvalue weighted by Gasteiger charge is -2.15. The molecule has 1 aliphatic heterocycles. The standard InChI is InChI=1S/C20H22N2O/c1-3-5-14-22-18-9-7-6-8-17(18)19(20(22)23)21-16-12-10-15(4-2)11-13-16/h6-13H,3-5,14H2,1-2H3. The summed E-state index contributed by atoms with van der Waals surface area (Å²) in [6.45, 7) is 5.01. The smallest absolute Gasteiger partial charge is 0.277 e. The molecule has 3 heteroatoms. The molecule has 0 N–H and O–H groups in total. The molecule has 1 amide bonds. The first-order valence-electron chi connectivity index (χ1n) is 8.33. The minimum Gasteiger partial charge on any atom is -0.306 e. The number of carbonyl (C=O) groups excluding carboxylic acids is 1. The van der Waals surface area contributed by atoms with Crippen LogP contribution in [0.25, 0.3) is 0 Å². The number of para-hydroxylation sites is 1. The summed E-state index contributed by atoms with van der Waals surface area (Å²) in [7, 11) is 0. The number of amides is 1. The number of rotatable bonds is 5. The molecule has 0 saturated carbocycles. The third-order valence-electron chi connectivity index (χ3n) is 4.22. The van der Waals surface area contributed by atoms with E-state index in [1.807, 2.05) is 41.3 Å². The van der Waals surface area contributed by atoms with E-state index in [0.717, 1.165) is 42.7 Å². The lowest BCUT2D eigenvalue weighted by molar-refractivity contribution is -0.112. The van der Waals surface area contributed by atoms with Crippen LogP contribution < -0.4 is 4.90 Å². The molecule has 0 unspecified atom stereocenters. The summed E-state index contributed by atoms with van der Waals surface area (Å²) in [5.74, 6) is 0.0132. The maximum Gasteiger partial charge on any atom is 0.277 e. The van der Waals surface area contributed by atoms with E-state index in [0.29, 0.717) is 5.71 Å². The van der Waals surface area contributed by atoms with Gasteiger partial charge in [0, 0.05) is 12.1 Å². The van der Waals surface area contributed by atoms with Crippen LogP contribution in [0.3, 0.4) is 0 Å². The third kappa shape index (κ3) is 3.04. The van der Waals surface area contributed by atoms with Gasteiger partial charge < -0.3 is 4.90 Å². The van der Waals surface area contributed by atoms with E-state index in [-0.39, 0.29) is 5.91 Å². The predicted molar refractivity (Wildman–Crippen MR) is 95.7 cm³/mol. The highest BCUT2D eigenvalue weighted by Crippen LogP contribution is 2.31. The Morgan fingerprint density at radius 1 is 1.00 bits per heavy atom. The lowest BCUT2D eigenvalue weighted by atomic mass is 10.1. The Balaban J connectivity index is 1.98. The van der Waals surface area contributed by atoms with Crippen molar-refractivity contribution in [1.82, 2.24) is 0 Å². The number of benzene rings is 2. The van der Waals surface area contributed by atoms with Crippen molar-refractivity contribution in [2.75, 3.05) is 11.4 Å². The van der Waals surface area contributed by atoms with Gasteiger partial charge in [-0.05, 0) is 36.6 Å². The Labute approximate surface area is 137 Å². The molecule has 3 rings (SSSR count). The van der Waals surface area contributed by atoms with Gasteiger partial charge in [-0.3, -0.25) is 4.79 Å². The van der Waals surface area contributed by atoms with E-state index in [9.17, 15) is 4.79 Å².